The first kappa shape index (κ1) is 13.8. The topological polar surface area (TPSA) is 57.3 Å². The van der Waals surface area contributed by atoms with E-state index in [0.717, 1.165) is 6.42 Å². The number of nitrogens with one attached hydrogen (secondary N) is 2. The summed E-state index contributed by atoms with van der Waals surface area (Å²) in [6.07, 6.45) is 5.19. The molecule has 1 amide bonds. The molecule has 0 bridgehead atoms. The molecule has 2 heterocycles. The molecule has 1 aromatic rings. The summed E-state index contributed by atoms with van der Waals surface area (Å²) < 4.78 is 0. The summed E-state index contributed by atoms with van der Waals surface area (Å²) in [4.78, 5) is 18.6. The van der Waals surface area contributed by atoms with Gasteiger partial charge in [-0.15, -0.1) is 0 Å². The maximum Gasteiger partial charge on any atom is 0.255 e. The van der Waals surface area contributed by atoms with Gasteiger partial charge in [-0.25, -0.2) is 4.98 Å². The Morgan fingerprint density at radius 2 is 2.42 bits per heavy atom. The van der Waals surface area contributed by atoms with Crippen molar-refractivity contribution >= 4 is 11.7 Å². The Kier molecular flexibility index (Phi) is 4.74. The molecule has 19 heavy (non-hydrogen) atoms. The maximum absolute atomic E-state index is 12.1. The summed E-state index contributed by atoms with van der Waals surface area (Å²) in [6.45, 7) is 1.89. The molecule has 0 spiro atoms. The Morgan fingerprint density at radius 3 is 3.11 bits per heavy atom. The lowest BCUT2D eigenvalue weighted by atomic mass is 10.1. The van der Waals surface area contributed by atoms with Crippen molar-refractivity contribution < 1.29 is 4.79 Å². The van der Waals surface area contributed by atoms with Crippen molar-refractivity contribution in [2.75, 3.05) is 32.5 Å². The van der Waals surface area contributed by atoms with E-state index < -0.39 is 0 Å². The highest BCUT2D eigenvalue weighted by Crippen LogP contribution is 2.17. The first-order valence-electron chi connectivity index (χ1n) is 6.83. The van der Waals surface area contributed by atoms with Gasteiger partial charge in [-0.1, -0.05) is 0 Å². The molecule has 5 heteroatoms. The van der Waals surface area contributed by atoms with E-state index in [-0.39, 0.29) is 5.91 Å². The smallest absolute Gasteiger partial charge is 0.255 e. The van der Waals surface area contributed by atoms with E-state index >= 15 is 0 Å². The molecule has 5 nitrogen and oxygen atoms in total. The molecule has 1 aliphatic heterocycles. The SMILES string of the molecule is CNc1ncccc1C(=O)NCC[C@@H]1CCCN1C. The van der Waals surface area contributed by atoms with E-state index in [4.69, 9.17) is 0 Å². The van der Waals surface area contributed by atoms with Crippen LogP contribution in [0.25, 0.3) is 0 Å². The van der Waals surface area contributed by atoms with Crippen molar-refractivity contribution in [1.29, 1.82) is 0 Å². The number of hydrogen-bond donors (Lipinski definition) is 2. The third kappa shape index (κ3) is 3.44. The first-order valence-corrected chi connectivity index (χ1v) is 6.83. The number of anilines is 1. The number of pyridine rings is 1. The Morgan fingerprint density at radius 1 is 1.58 bits per heavy atom. The second-order valence-corrected chi connectivity index (χ2v) is 4.97. The summed E-state index contributed by atoms with van der Waals surface area (Å²) in [5.74, 6) is 0.566. The van der Waals surface area contributed by atoms with Gasteiger partial charge in [0.1, 0.15) is 5.82 Å². The fourth-order valence-electron chi connectivity index (χ4n) is 2.58. The van der Waals surface area contributed by atoms with Crippen LogP contribution < -0.4 is 10.6 Å². The van der Waals surface area contributed by atoms with E-state index in [1.165, 1.54) is 19.4 Å². The van der Waals surface area contributed by atoms with Crippen LogP contribution in [0.1, 0.15) is 29.6 Å². The highest BCUT2D eigenvalue weighted by Gasteiger charge is 2.20. The van der Waals surface area contributed by atoms with Crippen LogP contribution in [0.15, 0.2) is 18.3 Å². The van der Waals surface area contributed by atoms with Crippen molar-refractivity contribution in [2.24, 2.45) is 0 Å². The zero-order valence-electron chi connectivity index (χ0n) is 11.6. The van der Waals surface area contributed by atoms with Crippen LogP contribution in [0.4, 0.5) is 5.82 Å². The number of likely N-dealkylation sites (tertiary alicyclic amines) is 1. The van der Waals surface area contributed by atoms with E-state index in [9.17, 15) is 4.79 Å². The number of rotatable bonds is 5. The lowest BCUT2D eigenvalue weighted by molar-refractivity contribution is 0.0951. The number of carbonyl (C=O) groups excluding carboxylic acids is 1. The van der Waals surface area contributed by atoms with Crippen LogP contribution in [0.2, 0.25) is 0 Å². The molecule has 0 aromatic carbocycles. The van der Waals surface area contributed by atoms with Crippen molar-refractivity contribution in [3.05, 3.63) is 23.9 Å². The summed E-state index contributed by atoms with van der Waals surface area (Å²) in [5.41, 5.74) is 0.602. The van der Waals surface area contributed by atoms with Crippen molar-refractivity contribution in [1.82, 2.24) is 15.2 Å². The molecule has 0 aliphatic carbocycles. The quantitative estimate of drug-likeness (QED) is 0.840. The molecule has 1 aliphatic rings. The lowest BCUT2D eigenvalue weighted by Crippen LogP contribution is -2.32. The van der Waals surface area contributed by atoms with Crippen molar-refractivity contribution in [3.8, 4) is 0 Å². The van der Waals surface area contributed by atoms with Gasteiger partial charge < -0.3 is 15.5 Å². The second-order valence-electron chi connectivity index (χ2n) is 4.97. The molecule has 0 radical (unpaired) electrons. The van der Waals surface area contributed by atoms with E-state index in [1.807, 2.05) is 0 Å². The average Bonchev–Trinajstić information content (AvgIpc) is 2.84. The van der Waals surface area contributed by atoms with E-state index in [2.05, 4.69) is 27.6 Å². The number of carbonyl (C=O) groups is 1. The van der Waals surface area contributed by atoms with Crippen molar-refractivity contribution in [3.63, 3.8) is 0 Å². The number of nitrogens with zero attached hydrogens (tertiary/aromatic N) is 2. The van der Waals surface area contributed by atoms with E-state index in [1.54, 1.807) is 25.4 Å². The van der Waals surface area contributed by atoms with Crippen LogP contribution in [0, 0.1) is 0 Å². The number of hydrogen-bond acceptors (Lipinski definition) is 4. The highest BCUT2D eigenvalue weighted by atomic mass is 16.1. The Balaban J connectivity index is 1.84. The monoisotopic (exact) mass is 262 g/mol. The van der Waals surface area contributed by atoms with Gasteiger partial charge in [0.2, 0.25) is 0 Å². The fourth-order valence-corrected chi connectivity index (χ4v) is 2.58. The third-order valence-electron chi connectivity index (χ3n) is 3.72. The van der Waals surface area contributed by atoms with Gasteiger partial charge in [0.05, 0.1) is 5.56 Å². The van der Waals surface area contributed by atoms with Gasteiger partial charge in [-0.05, 0) is 45.0 Å². The molecule has 104 valence electrons. The van der Waals surface area contributed by atoms with Gasteiger partial charge in [-0.3, -0.25) is 4.79 Å². The van der Waals surface area contributed by atoms with Gasteiger partial charge in [0, 0.05) is 25.8 Å². The molecule has 1 fully saturated rings. The first-order chi connectivity index (χ1) is 9.22. The highest BCUT2D eigenvalue weighted by molar-refractivity contribution is 5.98. The molecule has 0 unspecified atom stereocenters. The summed E-state index contributed by atoms with van der Waals surface area (Å²) in [6, 6.07) is 4.18. The maximum atomic E-state index is 12.1. The Labute approximate surface area is 114 Å². The predicted octanol–water partition coefficient (Wildman–Crippen LogP) is 1.34. The molecule has 0 saturated carbocycles. The van der Waals surface area contributed by atoms with Gasteiger partial charge in [0.15, 0.2) is 0 Å². The second kappa shape index (κ2) is 6.52. The van der Waals surface area contributed by atoms with E-state index in [0.29, 0.717) is 24.0 Å². The van der Waals surface area contributed by atoms with Crippen LogP contribution in [0.5, 0.6) is 0 Å². The summed E-state index contributed by atoms with van der Waals surface area (Å²) in [7, 11) is 3.92. The number of aromatic nitrogens is 1. The number of amides is 1. The largest absolute Gasteiger partial charge is 0.372 e. The summed E-state index contributed by atoms with van der Waals surface area (Å²) in [5, 5.41) is 5.91. The summed E-state index contributed by atoms with van der Waals surface area (Å²) >= 11 is 0. The zero-order chi connectivity index (χ0) is 13.7. The van der Waals surface area contributed by atoms with Crippen LogP contribution in [-0.2, 0) is 0 Å². The van der Waals surface area contributed by atoms with Crippen LogP contribution in [-0.4, -0.2) is 49.0 Å². The van der Waals surface area contributed by atoms with Crippen molar-refractivity contribution in [2.45, 2.75) is 25.3 Å². The standard InChI is InChI=1S/C14H22N4O/c1-15-13-12(6-3-8-16-13)14(19)17-9-7-11-5-4-10-18(11)2/h3,6,8,11H,4-5,7,9-10H2,1-2H3,(H,15,16)(H,17,19)/t11-/m0/s1. The molecule has 1 saturated heterocycles. The minimum Gasteiger partial charge on any atom is -0.372 e. The molecule has 1 aromatic heterocycles. The molecule has 2 N–H and O–H groups in total. The predicted molar refractivity (Wildman–Crippen MR) is 76.4 cm³/mol. The van der Waals surface area contributed by atoms with Gasteiger partial charge >= 0.3 is 0 Å². The average molecular weight is 262 g/mol. The van der Waals surface area contributed by atoms with Gasteiger partial charge in [0.25, 0.3) is 5.91 Å². The molecule has 2 rings (SSSR count). The Hall–Kier alpha value is -1.62. The minimum absolute atomic E-state index is 0.0573. The fraction of sp³-hybridized carbons (Fsp3) is 0.571. The molecular weight excluding hydrogens is 240 g/mol. The van der Waals surface area contributed by atoms with Crippen LogP contribution in [0.3, 0.4) is 0 Å². The minimum atomic E-state index is -0.0573. The van der Waals surface area contributed by atoms with Gasteiger partial charge in [-0.2, -0.15) is 0 Å². The van der Waals surface area contributed by atoms with Crippen LogP contribution >= 0.6 is 0 Å². The third-order valence-corrected chi connectivity index (χ3v) is 3.72. The molecule has 1 atom stereocenters. The Bertz CT molecular complexity index is 435. The molecular formula is C14H22N4O. The lowest BCUT2D eigenvalue weighted by Gasteiger charge is -2.19. The normalized spacial score (nSPS) is 19.4. The zero-order valence-corrected chi connectivity index (χ0v) is 11.6.